The van der Waals surface area contributed by atoms with Gasteiger partial charge in [0.1, 0.15) is 5.82 Å². The van der Waals surface area contributed by atoms with Crippen LogP contribution in [0.5, 0.6) is 0 Å². The molecule has 0 atom stereocenters. The van der Waals surface area contributed by atoms with E-state index in [0.717, 1.165) is 24.2 Å². The molecule has 1 aliphatic carbocycles. The Morgan fingerprint density at radius 3 is 2.83 bits per heavy atom. The Hall–Kier alpha value is -2.00. The fourth-order valence-electron chi connectivity index (χ4n) is 1.75. The molecular weight excluding hydrogens is 339 g/mol. The summed E-state index contributed by atoms with van der Waals surface area (Å²) in [5.74, 6) is -0.959. The van der Waals surface area contributed by atoms with Crippen molar-refractivity contribution in [3.05, 3.63) is 35.6 Å². The molecule has 1 heterocycles. The van der Waals surface area contributed by atoms with Crippen molar-refractivity contribution < 1.29 is 14.0 Å². The van der Waals surface area contributed by atoms with Gasteiger partial charge in [-0.3, -0.25) is 14.9 Å². The Morgan fingerprint density at radius 2 is 2.09 bits per heavy atom. The number of carbonyl (C=O) groups excluding carboxylic acids is 2. The largest absolute Gasteiger partial charge is 0.353 e. The van der Waals surface area contributed by atoms with E-state index in [1.165, 1.54) is 30.0 Å². The fourth-order valence-corrected chi connectivity index (χ4v) is 3.31. The molecule has 120 valence electrons. The van der Waals surface area contributed by atoms with E-state index >= 15 is 0 Å². The third-order valence-electron chi connectivity index (χ3n) is 3.01. The maximum absolute atomic E-state index is 13.5. The molecule has 0 unspecified atom stereocenters. The van der Waals surface area contributed by atoms with Gasteiger partial charge < -0.3 is 5.32 Å². The average Bonchev–Trinajstić information content (AvgIpc) is 3.23. The van der Waals surface area contributed by atoms with E-state index < -0.39 is 11.7 Å². The van der Waals surface area contributed by atoms with Crippen LogP contribution in [-0.4, -0.2) is 33.8 Å². The van der Waals surface area contributed by atoms with Crippen molar-refractivity contribution in [2.45, 2.75) is 23.2 Å². The van der Waals surface area contributed by atoms with E-state index in [4.69, 9.17) is 0 Å². The Balaban J connectivity index is 1.53. The van der Waals surface area contributed by atoms with Crippen molar-refractivity contribution in [2.75, 3.05) is 11.1 Å². The summed E-state index contributed by atoms with van der Waals surface area (Å²) in [5, 5.41) is 13.4. The molecule has 0 saturated heterocycles. The second-order valence-electron chi connectivity index (χ2n) is 4.94. The van der Waals surface area contributed by atoms with Gasteiger partial charge in [0.05, 0.1) is 11.3 Å². The molecule has 0 spiro atoms. The van der Waals surface area contributed by atoms with Gasteiger partial charge in [0.15, 0.2) is 4.34 Å². The number of thioether (sulfide) groups is 1. The van der Waals surface area contributed by atoms with Crippen LogP contribution in [0.1, 0.15) is 23.2 Å². The van der Waals surface area contributed by atoms with Crippen LogP contribution in [0.25, 0.3) is 0 Å². The SMILES string of the molecule is O=C(CSc1nnc(NC(=O)c2ccccc2F)s1)NC1CC1. The van der Waals surface area contributed by atoms with Crippen molar-refractivity contribution in [2.24, 2.45) is 0 Å². The highest BCUT2D eigenvalue weighted by molar-refractivity contribution is 8.01. The topological polar surface area (TPSA) is 84.0 Å². The number of anilines is 1. The number of benzene rings is 1. The summed E-state index contributed by atoms with van der Waals surface area (Å²) in [5.41, 5.74) is -0.0549. The monoisotopic (exact) mass is 352 g/mol. The zero-order valence-electron chi connectivity index (χ0n) is 11.9. The first-order chi connectivity index (χ1) is 11.1. The van der Waals surface area contributed by atoms with Gasteiger partial charge in [0.2, 0.25) is 11.0 Å². The lowest BCUT2D eigenvalue weighted by Crippen LogP contribution is -2.26. The van der Waals surface area contributed by atoms with Gasteiger partial charge in [0, 0.05) is 6.04 Å². The molecular formula is C14H13FN4O2S2. The number of amides is 2. The molecule has 2 aromatic rings. The van der Waals surface area contributed by atoms with Crippen molar-refractivity contribution in [1.82, 2.24) is 15.5 Å². The van der Waals surface area contributed by atoms with E-state index in [-0.39, 0.29) is 22.4 Å². The van der Waals surface area contributed by atoms with Crippen LogP contribution in [0.15, 0.2) is 28.6 Å². The highest BCUT2D eigenvalue weighted by Crippen LogP contribution is 2.26. The average molecular weight is 352 g/mol. The summed E-state index contributed by atoms with van der Waals surface area (Å²) in [6.45, 7) is 0. The van der Waals surface area contributed by atoms with E-state index in [1.54, 1.807) is 6.07 Å². The number of aromatic nitrogens is 2. The maximum atomic E-state index is 13.5. The number of rotatable bonds is 6. The van der Waals surface area contributed by atoms with Crippen LogP contribution < -0.4 is 10.6 Å². The van der Waals surface area contributed by atoms with E-state index in [2.05, 4.69) is 20.8 Å². The van der Waals surface area contributed by atoms with Crippen molar-refractivity contribution in [3.8, 4) is 0 Å². The second kappa shape index (κ2) is 7.05. The molecule has 1 aromatic carbocycles. The third kappa shape index (κ3) is 4.49. The predicted octanol–water partition coefficient (Wildman–Crippen LogP) is 2.30. The Kier molecular flexibility index (Phi) is 4.87. The van der Waals surface area contributed by atoms with Crippen LogP contribution in [0.3, 0.4) is 0 Å². The zero-order valence-corrected chi connectivity index (χ0v) is 13.5. The maximum Gasteiger partial charge on any atom is 0.260 e. The van der Waals surface area contributed by atoms with Gasteiger partial charge in [-0.2, -0.15) is 0 Å². The van der Waals surface area contributed by atoms with Crippen LogP contribution >= 0.6 is 23.1 Å². The minimum absolute atomic E-state index is 0.0374. The summed E-state index contributed by atoms with van der Waals surface area (Å²) in [6, 6.07) is 6.03. The highest BCUT2D eigenvalue weighted by Gasteiger charge is 2.23. The van der Waals surface area contributed by atoms with Crippen LogP contribution in [0.2, 0.25) is 0 Å². The third-order valence-corrected chi connectivity index (χ3v) is 4.99. The lowest BCUT2D eigenvalue weighted by Gasteiger charge is -2.01. The van der Waals surface area contributed by atoms with E-state index in [9.17, 15) is 14.0 Å². The minimum atomic E-state index is -0.596. The molecule has 2 amide bonds. The molecule has 0 radical (unpaired) electrons. The summed E-state index contributed by atoms with van der Waals surface area (Å²) in [7, 11) is 0. The van der Waals surface area contributed by atoms with Gasteiger partial charge >= 0.3 is 0 Å². The number of hydrogen-bond donors (Lipinski definition) is 2. The van der Waals surface area contributed by atoms with Crippen LogP contribution in [-0.2, 0) is 4.79 Å². The Labute approximate surface area is 139 Å². The first kappa shape index (κ1) is 15.9. The molecule has 1 fully saturated rings. The van der Waals surface area contributed by atoms with Crippen LogP contribution in [0, 0.1) is 5.82 Å². The molecule has 1 aliphatic rings. The molecule has 1 saturated carbocycles. The zero-order chi connectivity index (χ0) is 16.2. The van der Waals surface area contributed by atoms with E-state index in [0.29, 0.717) is 10.4 Å². The van der Waals surface area contributed by atoms with Crippen molar-refractivity contribution in [1.29, 1.82) is 0 Å². The van der Waals surface area contributed by atoms with Crippen molar-refractivity contribution >= 4 is 40.0 Å². The quantitative estimate of drug-likeness (QED) is 0.616. The van der Waals surface area contributed by atoms with Gasteiger partial charge in [-0.1, -0.05) is 35.2 Å². The minimum Gasteiger partial charge on any atom is -0.353 e. The highest BCUT2D eigenvalue weighted by atomic mass is 32.2. The number of nitrogens with one attached hydrogen (secondary N) is 2. The first-order valence-corrected chi connectivity index (χ1v) is 8.73. The first-order valence-electron chi connectivity index (χ1n) is 6.93. The van der Waals surface area contributed by atoms with Crippen LogP contribution in [0.4, 0.5) is 9.52 Å². The number of carbonyl (C=O) groups is 2. The summed E-state index contributed by atoms with van der Waals surface area (Å²) < 4.78 is 14.1. The Bertz CT molecular complexity index is 733. The second-order valence-corrected chi connectivity index (χ2v) is 7.14. The number of halogens is 1. The van der Waals surface area contributed by atoms with Gasteiger partial charge in [-0.05, 0) is 25.0 Å². The van der Waals surface area contributed by atoms with Crippen molar-refractivity contribution in [3.63, 3.8) is 0 Å². The molecule has 23 heavy (non-hydrogen) atoms. The molecule has 0 aliphatic heterocycles. The molecule has 0 bridgehead atoms. The van der Waals surface area contributed by atoms with Gasteiger partial charge in [-0.25, -0.2) is 4.39 Å². The van der Waals surface area contributed by atoms with E-state index in [1.807, 2.05) is 0 Å². The van der Waals surface area contributed by atoms with Gasteiger partial charge in [-0.15, -0.1) is 10.2 Å². The fraction of sp³-hybridized carbons (Fsp3) is 0.286. The molecule has 9 heteroatoms. The molecule has 6 nitrogen and oxygen atoms in total. The molecule has 2 N–H and O–H groups in total. The lowest BCUT2D eigenvalue weighted by atomic mass is 10.2. The van der Waals surface area contributed by atoms with Gasteiger partial charge in [0.25, 0.3) is 5.91 Å². The normalized spacial score (nSPS) is 13.6. The predicted molar refractivity (Wildman–Crippen MR) is 86.2 cm³/mol. The molecule has 1 aromatic heterocycles. The lowest BCUT2D eigenvalue weighted by molar-refractivity contribution is -0.118. The number of hydrogen-bond acceptors (Lipinski definition) is 6. The summed E-state index contributed by atoms with van der Waals surface area (Å²) >= 11 is 2.40. The standard InChI is InChI=1S/C14H13FN4O2S2/c15-10-4-2-1-3-9(10)12(21)17-13-18-19-14(23-13)22-7-11(20)16-8-5-6-8/h1-4,8H,5-7H2,(H,16,20)(H,17,18,21). The number of nitrogens with zero attached hydrogens (tertiary/aromatic N) is 2. The smallest absolute Gasteiger partial charge is 0.260 e. The Morgan fingerprint density at radius 1 is 1.30 bits per heavy atom. The summed E-state index contributed by atoms with van der Waals surface area (Å²) in [6.07, 6.45) is 2.09. The summed E-state index contributed by atoms with van der Waals surface area (Å²) in [4.78, 5) is 23.5. The molecule has 3 rings (SSSR count).